The summed E-state index contributed by atoms with van der Waals surface area (Å²) in [7, 11) is 1.52. The lowest BCUT2D eigenvalue weighted by atomic mass is 9.64. The topological polar surface area (TPSA) is 84.0 Å². The highest BCUT2D eigenvalue weighted by Gasteiger charge is 2.45. The predicted molar refractivity (Wildman–Crippen MR) is 86.1 cm³/mol. The van der Waals surface area contributed by atoms with Gasteiger partial charge in [-0.15, -0.1) is 0 Å². The molecule has 2 N–H and O–H groups in total. The molecule has 0 bridgehead atoms. The van der Waals surface area contributed by atoms with Gasteiger partial charge in [-0.1, -0.05) is 18.6 Å². The fourth-order valence-corrected chi connectivity index (χ4v) is 3.03. The van der Waals surface area contributed by atoms with Gasteiger partial charge >= 0.3 is 5.69 Å². The molecular weight excluding hydrogens is 313 g/mol. The first-order valence-electron chi connectivity index (χ1n) is 7.75. The van der Waals surface area contributed by atoms with E-state index >= 15 is 0 Å². The van der Waals surface area contributed by atoms with Crippen molar-refractivity contribution in [2.75, 3.05) is 0 Å². The second-order valence-electron chi connectivity index (χ2n) is 6.15. The first-order chi connectivity index (χ1) is 11.4. The van der Waals surface area contributed by atoms with Crippen molar-refractivity contribution in [2.24, 2.45) is 7.05 Å². The van der Waals surface area contributed by atoms with E-state index in [1.54, 1.807) is 12.1 Å². The molecule has 1 aromatic heterocycles. The third-order valence-corrected chi connectivity index (χ3v) is 4.66. The standard InChI is InChI=1S/C17H18FN3O3/c1-21-10-11(14(22)20-16(21)24)9-19-15(23)17(7-2-8-17)12-3-5-13(18)6-4-12/h3-6,10H,2,7-9H2,1H3,(H,19,23)(H,20,22,24). The number of aromatic amines is 1. The number of halogens is 1. The summed E-state index contributed by atoms with van der Waals surface area (Å²) in [6.45, 7) is 0.0330. The second-order valence-corrected chi connectivity index (χ2v) is 6.15. The van der Waals surface area contributed by atoms with E-state index in [0.717, 1.165) is 12.0 Å². The van der Waals surface area contributed by atoms with Gasteiger partial charge < -0.3 is 9.88 Å². The summed E-state index contributed by atoms with van der Waals surface area (Å²) in [5.74, 6) is -0.529. The second kappa shape index (κ2) is 6.07. The number of rotatable bonds is 4. The van der Waals surface area contributed by atoms with Gasteiger partial charge in [0.1, 0.15) is 5.82 Å². The number of nitrogens with one attached hydrogen (secondary N) is 2. The minimum atomic E-state index is -0.666. The Bertz CT molecular complexity index is 879. The van der Waals surface area contributed by atoms with Crippen molar-refractivity contribution in [3.63, 3.8) is 0 Å². The maximum absolute atomic E-state index is 13.1. The zero-order chi connectivity index (χ0) is 17.3. The van der Waals surface area contributed by atoms with Crippen LogP contribution in [0.2, 0.25) is 0 Å². The minimum Gasteiger partial charge on any atom is -0.351 e. The third-order valence-electron chi connectivity index (χ3n) is 4.66. The van der Waals surface area contributed by atoms with Crippen LogP contribution in [0.5, 0.6) is 0 Å². The molecule has 24 heavy (non-hydrogen) atoms. The van der Waals surface area contributed by atoms with Crippen LogP contribution in [-0.2, 0) is 23.8 Å². The summed E-state index contributed by atoms with van der Waals surface area (Å²) < 4.78 is 14.4. The molecule has 0 spiro atoms. The summed E-state index contributed by atoms with van der Waals surface area (Å²) in [5, 5.41) is 2.77. The van der Waals surface area contributed by atoms with E-state index in [0.29, 0.717) is 18.4 Å². The number of hydrogen-bond acceptors (Lipinski definition) is 3. The van der Waals surface area contributed by atoms with Crippen molar-refractivity contribution in [1.29, 1.82) is 0 Å². The average Bonchev–Trinajstić information content (AvgIpc) is 2.50. The van der Waals surface area contributed by atoms with Gasteiger partial charge in [-0.05, 0) is 30.5 Å². The molecule has 2 aromatic rings. The maximum atomic E-state index is 13.1. The van der Waals surface area contributed by atoms with Crippen LogP contribution < -0.4 is 16.6 Å². The lowest BCUT2D eigenvalue weighted by molar-refractivity contribution is -0.130. The molecular formula is C17H18FN3O3. The molecule has 1 aliphatic carbocycles. The smallest absolute Gasteiger partial charge is 0.328 e. The number of carbonyl (C=O) groups excluding carboxylic acids is 1. The molecule has 6 nitrogen and oxygen atoms in total. The summed E-state index contributed by atoms with van der Waals surface area (Å²) in [4.78, 5) is 38.0. The van der Waals surface area contributed by atoms with Crippen LogP contribution in [0.1, 0.15) is 30.4 Å². The SMILES string of the molecule is Cn1cc(CNC(=O)C2(c3ccc(F)cc3)CCC2)c(=O)[nH]c1=O. The van der Waals surface area contributed by atoms with E-state index in [-0.39, 0.29) is 18.3 Å². The largest absolute Gasteiger partial charge is 0.351 e. The number of aromatic nitrogens is 2. The van der Waals surface area contributed by atoms with Gasteiger partial charge in [0.05, 0.1) is 11.0 Å². The van der Waals surface area contributed by atoms with Gasteiger partial charge in [-0.25, -0.2) is 9.18 Å². The summed E-state index contributed by atoms with van der Waals surface area (Å²) in [5.41, 5.74) is -0.595. The molecule has 0 radical (unpaired) electrons. The molecule has 0 atom stereocenters. The number of amides is 1. The van der Waals surface area contributed by atoms with E-state index < -0.39 is 16.7 Å². The van der Waals surface area contributed by atoms with Gasteiger partial charge in [0, 0.05) is 19.8 Å². The molecule has 3 rings (SSSR count). The van der Waals surface area contributed by atoms with E-state index in [1.165, 1.54) is 29.9 Å². The minimum absolute atomic E-state index is 0.0330. The Hall–Kier alpha value is -2.70. The fraction of sp³-hybridized carbons (Fsp3) is 0.353. The number of nitrogens with zero attached hydrogens (tertiary/aromatic N) is 1. The van der Waals surface area contributed by atoms with Crippen molar-refractivity contribution in [2.45, 2.75) is 31.2 Å². The predicted octanol–water partition coefficient (Wildman–Crippen LogP) is 0.951. The molecule has 0 unspecified atom stereocenters. The van der Waals surface area contributed by atoms with E-state index in [4.69, 9.17) is 0 Å². The Morgan fingerprint density at radius 1 is 1.29 bits per heavy atom. The van der Waals surface area contributed by atoms with Crippen LogP contribution in [0.25, 0.3) is 0 Å². The van der Waals surface area contributed by atoms with Gasteiger partial charge in [0.25, 0.3) is 5.56 Å². The number of aryl methyl sites for hydroxylation is 1. The van der Waals surface area contributed by atoms with Crippen molar-refractivity contribution >= 4 is 5.91 Å². The quantitative estimate of drug-likeness (QED) is 0.875. The fourth-order valence-electron chi connectivity index (χ4n) is 3.03. The molecule has 1 saturated carbocycles. The highest BCUT2D eigenvalue weighted by atomic mass is 19.1. The number of carbonyl (C=O) groups is 1. The van der Waals surface area contributed by atoms with Crippen LogP contribution in [0.15, 0.2) is 40.1 Å². The summed E-state index contributed by atoms with van der Waals surface area (Å²) in [6, 6.07) is 5.96. The molecule has 7 heteroatoms. The molecule has 1 amide bonds. The maximum Gasteiger partial charge on any atom is 0.328 e. The van der Waals surface area contributed by atoms with Crippen molar-refractivity contribution in [3.8, 4) is 0 Å². The van der Waals surface area contributed by atoms with E-state index in [1.807, 2.05) is 0 Å². The van der Waals surface area contributed by atoms with Crippen LogP contribution >= 0.6 is 0 Å². The van der Waals surface area contributed by atoms with Crippen molar-refractivity contribution < 1.29 is 9.18 Å². The zero-order valence-corrected chi connectivity index (χ0v) is 13.3. The molecule has 1 fully saturated rings. The molecule has 0 aliphatic heterocycles. The number of H-pyrrole nitrogens is 1. The van der Waals surface area contributed by atoms with Gasteiger partial charge in [0.15, 0.2) is 0 Å². The Morgan fingerprint density at radius 3 is 2.54 bits per heavy atom. The Morgan fingerprint density at radius 2 is 1.96 bits per heavy atom. The first kappa shape index (κ1) is 16.2. The van der Waals surface area contributed by atoms with Crippen molar-refractivity contribution in [3.05, 3.63) is 68.2 Å². The van der Waals surface area contributed by atoms with Crippen LogP contribution in [0.4, 0.5) is 4.39 Å². The van der Waals surface area contributed by atoms with Gasteiger partial charge in [0.2, 0.25) is 5.91 Å². The lowest BCUT2D eigenvalue weighted by Gasteiger charge is -2.40. The Kier molecular flexibility index (Phi) is 4.09. The van der Waals surface area contributed by atoms with E-state index in [2.05, 4.69) is 10.3 Å². The third kappa shape index (κ3) is 2.77. The highest BCUT2D eigenvalue weighted by molar-refractivity contribution is 5.89. The lowest BCUT2D eigenvalue weighted by Crippen LogP contribution is -2.49. The van der Waals surface area contributed by atoms with Gasteiger partial charge in [-0.3, -0.25) is 14.6 Å². The normalized spacial score (nSPS) is 15.6. The zero-order valence-electron chi connectivity index (χ0n) is 13.3. The Balaban J connectivity index is 1.79. The van der Waals surface area contributed by atoms with Crippen LogP contribution in [-0.4, -0.2) is 15.5 Å². The highest BCUT2D eigenvalue weighted by Crippen LogP contribution is 2.44. The van der Waals surface area contributed by atoms with Gasteiger partial charge in [-0.2, -0.15) is 0 Å². The molecule has 126 valence electrons. The van der Waals surface area contributed by atoms with Crippen LogP contribution in [0, 0.1) is 5.82 Å². The average molecular weight is 331 g/mol. The number of benzene rings is 1. The summed E-state index contributed by atoms with van der Waals surface area (Å²) in [6.07, 6.45) is 3.71. The Labute approximate surface area is 137 Å². The number of hydrogen-bond donors (Lipinski definition) is 2. The van der Waals surface area contributed by atoms with Crippen LogP contribution in [0.3, 0.4) is 0 Å². The monoisotopic (exact) mass is 331 g/mol. The molecule has 0 saturated heterocycles. The molecule has 1 aromatic carbocycles. The van der Waals surface area contributed by atoms with E-state index in [9.17, 15) is 18.8 Å². The summed E-state index contributed by atoms with van der Waals surface area (Å²) >= 11 is 0. The molecule has 1 aliphatic rings. The first-order valence-corrected chi connectivity index (χ1v) is 7.75. The van der Waals surface area contributed by atoms with Crippen molar-refractivity contribution in [1.82, 2.24) is 14.9 Å². The molecule has 1 heterocycles.